The first-order chi connectivity index (χ1) is 15.0. The van der Waals surface area contributed by atoms with Gasteiger partial charge < -0.3 is 15.2 Å². The predicted octanol–water partition coefficient (Wildman–Crippen LogP) is 6.24. The van der Waals surface area contributed by atoms with E-state index in [4.69, 9.17) is 4.74 Å². The Kier molecular flexibility index (Phi) is 6.59. The van der Waals surface area contributed by atoms with E-state index in [1.54, 1.807) is 13.2 Å². The molecule has 2 aromatic carbocycles. The molecule has 0 unspecified atom stereocenters. The van der Waals surface area contributed by atoms with Gasteiger partial charge in [-0.15, -0.1) is 0 Å². The topological polar surface area (TPSA) is 58.6 Å². The lowest BCUT2D eigenvalue weighted by Crippen LogP contribution is -2.21. The van der Waals surface area contributed by atoms with Crippen LogP contribution in [0.5, 0.6) is 5.75 Å². The number of hydrogen-bond acceptors (Lipinski definition) is 3. The molecule has 0 radical (unpaired) electrons. The second-order valence-corrected chi connectivity index (χ2v) is 8.72. The third kappa shape index (κ3) is 5.46. The highest BCUT2D eigenvalue weighted by Crippen LogP contribution is 2.40. The van der Waals surface area contributed by atoms with Gasteiger partial charge in [-0.1, -0.05) is 17.7 Å². The zero-order valence-corrected chi connectivity index (χ0v) is 18.0. The molecule has 0 spiro atoms. The van der Waals surface area contributed by atoms with Gasteiger partial charge in [0.25, 0.3) is 0 Å². The van der Waals surface area contributed by atoms with Crippen molar-refractivity contribution >= 4 is 17.2 Å². The fraction of sp³-hybridized carbons (Fsp3) is 0.423. The maximum atomic E-state index is 14.3. The molecule has 5 heteroatoms. The van der Waals surface area contributed by atoms with Crippen LogP contribution in [-0.2, 0) is 4.79 Å². The lowest BCUT2D eigenvalue weighted by atomic mass is 9.78. The summed E-state index contributed by atoms with van der Waals surface area (Å²) >= 11 is 0. The molecule has 2 N–H and O–H groups in total. The number of halogens is 1. The SMILES string of the molecule is COc1ccc(F)c(C2CCC(CNc3cccc(C(CC(=O)O)=C4CC4)c3)CC2)c1. The van der Waals surface area contributed by atoms with Gasteiger partial charge >= 0.3 is 5.97 Å². The number of hydrogen-bond donors (Lipinski definition) is 2. The number of methoxy groups -OCH3 is 1. The van der Waals surface area contributed by atoms with E-state index in [-0.39, 0.29) is 18.2 Å². The number of carboxylic acids is 1. The summed E-state index contributed by atoms with van der Waals surface area (Å²) in [5, 5.41) is 12.8. The van der Waals surface area contributed by atoms with Crippen molar-refractivity contribution in [2.24, 2.45) is 5.92 Å². The van der Waals surface area contributed by atoms with Crippen LogP contribution in [0.4, 0.5) is 10.1 Å². The van der Waals surface area contributed by atoms with Gasteiger partial charge in [0, 0.05) is 12.2 Å². The Labute approximate surface area is 183 Å². The van der Waals surface area contributed by atoms with Crippen LogP contribution in [0.1, 0.15) is 62.0 Å². The number of allylic oxidation sites excluding steroid dienone is 1. The Morgan fingerprint density at radius 1 is 1.13 bits per heavy atom. The van der Waals surface area contributed by atoms with Gasteiger partial charge in [-0.3, -0.25) is 4.79 Å². The summed E-state index contributed by atoms with van der Waals surface area (Å²) in [5.74, 6) is 0.592. The Morgan fingerprint density at radius 3 is 2.58 bits per heavy atom. The molecular weight excluding hydrogens is 393 g/mol. The normalized spacial score (nSPS) is 20.3. The van der Waals surface area contributed by atoms with Crippen LogP contribution in [0, 0.1) is 11.7 Å². The third-order valence-corrected chi connectivity index (χ3v) is 6.55. The van der Waals surface area contributed by atoms with Crippen molar-refractivity contribution in [3.05, 3.63) is 65.0 Å². The summed E-state index contributed by atoms with van der Waals surface area (Å²) in [4.78, 5) is 11.2. The average Bonchev–Trinajstić information content (AvgIpc) is 3.62. The first-order valence-corrected chi connectivity index (χ1v) is 11.1. The fourth-order valence-corrected chi connectivity index (χ4v) is 4.66. The van der Waals surface area contributed by atoms with Crippen LogP contribution < -0.4 is 10.1 Å². The predicted molar refractivity (Wildman–Crippen MR) is 121 cm³/mol. The van der Waals surface area contributed by atoms with Crippen LogP contribution in [0.3, 0.4) is 0 Å². The highest BCUT2D eigenvalue weighted by Gasteiger charge is 2.25. The number of carbonyl (C=O) groups is 1. The summed E-state index contributed by atoms with van der Waals surface area (Å²) in [6, 6.07) is 13.1. The standard InChI is InChI=1S/C26H30FNO3/c1-31-22-11-12-25(27)24(14-22)19-7-5-17(6-8-19)16-28-21-4-2-3-20(13-21)23(15-26(29)30)18-9-10-18/h2-4,11-14,17,19,28H,5-10,15-16H2,1H3,(H,29,30). The van der Waals surface area contributed by atoms with Crippen molar-refractivity contribution in [1.29, 1.82) is 0 Å². The molecule has 164 valence electrons. The minimum Gasteiger partial charge on any atom is -0.497 e. The van der Waals surface area contributed by atoms with Crippen LogP contribution in [0.2, 0.25) is 0 Å². The number of nitrogens with one attached hydrogen (secondary N) is 1. The molecule has 31 heavy (non-hydrogen) atoms. The Hall–Kier alpha value is -2.82. The minimum atomic E-state index is -0.781. The molecule has 4 rings (SSSR count). The molecular formula is C26H30FNO3. The molecule has 2 saturated carbocycles. The zero-order valence-electron chi connectivity index (χ0n) is 18.0. The van der Waals surface area contributed by atoms with Crippen molar-refractivity contribution in [1.82, 2.24) is 0 Å². The van der Waals surface area contributed by atoms with E-state index in [0.717, 1.165) is 67.5 Å². The van der Waals surface area contributed by atoms with E-state index >= 15 is 0 Å². The van der Waals surface area contributed by atoms with Gasteiger partial charge in [0.15, 0.2) is 0 Å². The number of rotatable bonds is 8. The maximum Gasteiger partial charge on any atom is 0.307 e. The largest absolute Gasteiger partial charge is 0.497 e. The molecule has 2 fully saturated rings. The minimum absolute atomic E-state index is 0.0869. The summed E-state index contributed by atoms with van der Waals surface area (Å²) in [5.41, 5.74) is 5.05. The van der Waals surface area contributed by atoms with Crippen molar-refractivity contribution in [2.45, 2.75) is 50.9 Å². The van der Waals surface area contributed by atoms with Crippen molar-refractivity contribution in [3.8, 4) is 5.75 Å². The number of benzene rings is 2. The van der Waals surface area contributed by atoms with E-state index in [0.29, 0.717) is 11.7 Å². The monoisotopic (exact) mass is 423 g/mol. The second-order valence-electron chi connectivity index (χ2n) is 8.72. The lowest BCUT2D eigenvalue weighted by molar-refractivity contribution is -0.135. The molecule has 0 bridgehead atoms. The Balaban J connectivity index is 1.33. The van der Waals surface area contributed by atoms with Gasteiger partial charge in [0.2, 0.25) is 0 Å². The number of ether oxygens (including phenoxy) is 1. The number of anilines is 1. The van der Waals surface area contributed by atoms with Gasteiger partial charge in [0.1, 0.15) is 11.6 Å². The second kappa shape index (κ2) is 9.54. The summed E-state index contributed by atoms with van der Waals surface area (Å²) in [6.45, 7) is 0.877. The van der Waals surface area contributed by atoms with Crippen molar-refractivity contribution in [3.63, 3.8) is 0 Å². The lowest BCUT2D eigenvalue weighted by Gasteiger charge is -2.29. The molecule has 2 aliphatic rings. The van der Waals surface area contributed by atoms with E-state index in [1.165, 1.54) is 11.6 Å². The smallest absolute Gasteiger partial charge is 0.307 e. The van der Waals surface area contributed by atoms with E-state index in [9.17, 15) is 14.3 Å². The van der Waals surface area contributed by atoms with Gasteiger partial charge in [-0.25, -0.2) is 4.39 Å². The first kappa shape index (κ1) is 21.4. The average molecular weight is 424 g/mol. The van der Waals surface area contributed by atoms with Gasteiger partial charge in [0.05, 0.1) is 13.5 Å². The number of aliphatic carboxylic acids is 1. The van der Waals surface area contributed by atoms with E-state index in [1.807, 2.05) is 24.3 Å². The Bertz CT molecular complexity index is 970. The molecule has 0 saturated heterocycles. The van der Waals surface area contributed by atoms with Crippen LogP contribution in [-0.4, -0.2) is 24.7 Å². The molecule has 0 aliphatic heterocycles. The highest BCUT2D eigenvalue weighted by atomic mass is 19.1. The molecule has 2 aromatic rings. The van der Waals surface area contributed by atoms with Crippen molar-refractivity contribution < 1.29 is 19.0 Å². The molecule has 0 amide bonds. The molecule has 0 heterocycles. The zero-order chi connectivity index (χ0) is 21.8. The number of carboxylic acid groups (broad SMARTS) is 1. The van der Waals surface area contributed by atoms with E-state index < -0.39 is 5.97 Å². The Morgan fingerprint density at radius 2 is 1.90 bits per heavy atom. The van der Waals surface area contributed by atoms with Crippen LogP contribution in [0.25, 0.3) is 5.57 Å². The molecule has 2 aliphatic carbocycles. The van der Waals surface area contributed by atoms with Gasteiger partial charge in [-0.2, -0.15) is 0 Å². The summed E-state index contributed by atoms with van der Waals surface area (Å²) in [7, 11) is 1.61. The molecule has 4 nitrogen and oxygen atoms in total. The fourth-order valence-electron chi connectivity index (χ4n) is 4.66. The first-order valence-electron chi connectivity index (χ1n) is 11.1. The highest BCUT2D eigenvalue weighted by molar-refractivity contribution is 5.87. The summed E-state index contributed by atoms with van der Waals surface area (Å²) < 4.78 is 19.6. The van der Waals surface area contributed by atoms with Crippen LogP contribution in [0.15, 0.2) is 48.0 Å². The summed E-state index contributed by atoms with van der Waals surface area (Å²) in [6.07, 6.45) is 6.18. The maximum absolute atomic E-state index is 14.3. The quantitative estimate of drug-likeness (QED) is 0.527. The molecule has 0 atom stereocenters. The van der Waals surface area contributed by atoms with Gasteiger partial charge in [-0.05, 0) is 97.4 Å². The molecule has 0 aromatic heterocycles. The van der Waals surface area contributed by atoms with Crippen molar-refractivity contribution in [2.75, 3.05) is 19.0 Å². The van der Waals surface area contributed by atoms with Crippen LogP contribution >= 0.6 is 0 Å². The third-order valence-electron chi connectivity index (χ3n) is 6.55. The van der Waals surface area contributed by atoms with E-state index in [2.05, 4.69) is 11.4 Å².